The molecule has 1 saturated heterocycles. The highest BCUT2D eigenvalue weighted by molar-refractivity contribution is 6.34. The number of rotatable bonds is 7. The lowest BCUT2D eigenvalue weighted by Crippen LogP contribution is -2.39. The van der Waals surface area contributed by atoms with Gasteiger partial charge >= 0.3 is 6.03 Å². The van der Waals surface area contributed by atoms with Crippen LogP contribution < -0.4 is 20.3 Å². The van der Waals surface area contributed by atoms with Crippen molar-refractivity contribution in [1.29, 1.82) is 0 Å². The number of amides is 2. The van der Waals surface area contributed by atoms with E-state index in [4.69, 9.17) is 27.9 Å². The molecule has 0 aromatic heterocycles. The molecule has 2 aromatic rings. The smallest absolute Gasteiger partial charge is 0.314 e. The Morgan fingerprint density at radius 1 is 1.18 bits per heavy atom. The molecule has 1 aliphatic heterocycles. The number of methoxy groups -OCH3 is 1. The summed E-state index contributed by atoms with van der Waals surface area (Å²) < 4.78 is 5.30. The predicted octanol–water partition coefficient (Wildman–Crippen LogP) is 4.37. The number of hydrogen-bond donors (Lipinski definition) is 2. The number of anilines is 1. The van der Waals surface area contributed by atoms with Gasteiger partial charge in [-0.2, -0.15) is 0 Å². The first-order chi connectivity index (χ1) is 13.5. The number of carbonyl (C=O) groups excluding carboxylic acids is 1. The van der Waals surface area contributed by atoms with Crippen LogP contribution >= 0.6 is 23.2 Å². The van der Waals surface area contributed by atoms with E-state index in [0.717, 1.165) is 36.5 Å². The molecule has 0 bridgehead atoms. The molecule has 2 aromatic carbocycles. The number of ether oxygens (including phenoxy) is 1. The number of carbonyl (C=O) groups is 1. The molecule has 0 saturated carbocycles. The molecule has 1 heterocycles. The van der Waals surface area contributed by atoms with Gasteiger partial charge in [0.15, 0.2) is 0 Å². The summed E-state index contributed by atoms with van der Waals surface area (Å²) in [5, 5.41) is 7.07. The molecule has 0 aliphatic carbocycles. The summed E-state index contributed by atoms with van der Waals surface area (Å²) in [4.78, 5) is 14.4. The number of nitrogens with one attached hydrogen (secondary N) is 2. The van der Waals surface area contributed by atoms with E-state index in [1.165, 1.54) is 0 Å². The standard InChI is InChI=1S/C21H25Cl2N3O2/c1-28-20-4-2-3-19(12-20)26-8-6-16(14-26)13-25-21(27)24-7-5-15-9-17(22)11-18(23)10-15/h2-4,9-12,16H,5-8,13-14H2,1H3,(H2,24,25,27). The summed E-state index contributed by atoms with van der Waals surface area (Å²) >= 11 is 12.0. The van der Waals surface area contributed by atoms with E-state index in [0.29, 0.717) is 35.5 Å². The minimum Gasteiger partial charge on any atom is -0.497 e. The number of urea groups is 1. The van der Waals surface area contributed by atoms with Gasteiger partial charge in [-0.15, -0.1) is 0 Å². The van der Waals surface area contributed by atoms with Gasteiger partial charge < -0.3 is 20.3 Å². The summed E-state index contributed by atoms with van der Waals surface area (Å²) in [6, 6.07) is 13.4. The van der Waals surface area contributed by atoms with Crippen molar-refractivity contribution in [2.24, 2.45) is 5.92 Å². The molecule has 2 N–H and O–H groups in total. The van der Waals surface area contributed by atoms with Crippen LogP contribution in [0.3, 0.4) is 0 Å². The van der Waals surface area contributed by atoms with Gasteiger partial charge in [-0.25, -0.2) is 4.79 Å². The average Bonchev–Trinajstić information content (AvgIpc) is 3.15. The van der Waals surface area contributed by atoms with Crippen molar-refractivity contribution < 1.29 is 9.53 Å². The Kier molecular flexibility index (Phi) is 7.29. The zero-order valence-electron chi connectivity index (χ0n) is 15.9. The fourth-order valence-electron chi connectivity index (χ4n) is 3.42. The lowest BCUT2D eigenvalue weighted by atomic mass is 10.1. The Labute approximate surface area is 176 Å². The first-order valence-electron chi connectivity index (χ1n) is 9.39. The molecule has 150 valence electrons. The second-order valence-electron chi connectivity index (χ2n) is 6.97. The fourth-order valence-corrected chi connectivity index (χ4v) is 3.99. The molecular formula is C21H25Cl2N3O2. The van der Waals surface area contributed by atoms with Crippen molar-refractivity contribution in [2.75, 3.05) is 38.2 Å². The minimum atomic E-state index is -0.145. The molecule has 1 aliphatic rings. The second kappa shape index (κ2) is 9.89. The molecule has 0 spiro atoms. The highest BCUT2D eigenvalue weighted by Gasteiger charge is 2.23. The Balaban J connectivity index is 1.38. The van der Waals surface area contributed by atoms with Gasteiger partial charge in [0.2, 0.25) is 0 Å². The van der Waals surface area contributed by atoms with Crippen molar-refractivity contribution >= 4 is 34.9 Å². The van der Waals surface area contributed by atoms with Crippen LogP contribution in [0.15, 0.2) is 42.5 Å². The highest BCUT2D eigenvalue weighted by atomic mass is 35.5. The molecular weight excluding hydrogens is 397 g/mol. The van der Waals surface area contributed by atoms with Crippen molar-refractivity contribution in [3.05, 3.63) is 58.1 Å². The Bertz CT molecular complexity index is 796. The van der Waals surface area contributed by atoms with Crippen LogP contribution in [0.4, 0.5) is 10.5 Å². The van der Waals surface area contributed by atoms with Crippen LogP contribution in [-0.2, 0) is 6.42 Å². The Hall–Kier alpha value is -2.11. The maximum atomic E-state index is 12.1. The summed E-state index contributed by atoms with van der Waals surface area (Å²) in [6.07, 6.45) is 1.74. The molecule has 2 amide bonds. The lowest BCUT2D eigenvalue weighted by molar-refractivity contribution is 0.239. The largest absolute Gasteiger partial charge is 0.497 e. The number of hydrogen-bond acceptors (Lipinski definition) is 3. The third-order valence-corrected chi connectivity index (χ3v) is 5.31. The van der Waals surface area contributed by atoms with Gasteiger partial charge in [-0.05, 0) is 54.7 Å². The van der Waals surface area contributed by atoms with Crippen molar-refractivity contribution in [3.63, 3.8) is 0 Å². The van der Waals surface area contributed by atoms with Crippen LogP contribution in [0.5, 0.6) is 5.75 Å². The SMILES string of the molecule is COc1cccc(N2CCC(CNC(=O)NCCc3cc(Cl)cc(Cl)c3)C2)c1. The molecule has 5 nitrogen and oxygen atoms in total. The van der Waals surface area contributed by atoms with Crippen LogP contribution in [0.1, 0.15) is 12.0 Å². The van der Waals surface area contributed by atoms with Gasteiger partial charge in [0.25, 0.3) is 0 Å². The first kappa shape index (κ1) is 20.6. The molecule has 0 radical (unpaired) electrons. The predicted molar refractivity (Wildman–Crippen MR) is 115 cm³/mol. The van der Waals surface area contributed by atoms with Crippen LogP contribution in [0.2, 0.25) is 10.0 Å². The van der Waals surface area contributed by atoms with Gasteiger partial charge in [0, 0.05) is 48.0 Å². The summed E-state index contributed by atoms with van der Waals surface area (Å²) in [5.74, 6) is 1.29. The number of nitrogens with zero attached hydrogens (tertiary/aromatic N) is 1. The summed E-state index contributed by atoms with van der Waals surface area (Å²) in [7, 11) is 1.68. The quantitative estimate of drug-likeness (QED) is 0.697. The first-order valence-corrected chi connectivity index (χ1v) is 10.1. The Morgan fingerprint density at radius 3 is 2.71 bits per heavy atom. The molecule has 1 atom stereocenters. The summed E-state index contributed by atoms with van der Waals surface area (Å²) in [6.45, 7) is 3.10. The molecule has 1 fully saturated rings. The van der Waals surface area contributed by atoms with Gasteiger partial charge in [-0.3, -0.25) is 0 Å². The maximum absolute atomic E-state index is 12.1. The van der Waals surface area contributed by atoms with Gasteiger partial charge in [0.05, 0.1) is 7.11 Å². The number of benzene rings is 2. The van der Waals surface area contributed by atoms with Crippen molar-refractivity contribution in [3.8, 4) is 5.75 Å². The van der Waals surface area contributed by atoms with Crippen LogP contribution in [-0.4, -0.2) is 39.3 Å². The van der Waals surface area contributed by atoms with E-state index in [-0.39, 0.29) is 6.03 Å². The van der Waals surface area contributed by atoms with E-state index in [9.17, 15) is 4.79 Å². The van der Waals surface area contributed by atoms with E-state index in [2.05, 4.69) is 21.6 Å². The monoisotopic (exact) mass is 421 g/mol. The van der Waals surface area contributed by atoms with Crippen molar-refractivity contribution in [2.45, 2.75) is 12.8 Å². The van der Waals surface area contributed by atoms with Crippen LogP contribution in [0, 0.1) is 5.92 Å². The zero-order chi connectivity index (χ0) is 19.9. The molecule has 28 heavy (non-hydrogen) atoms. The van der Waals surface area contributed by atoms with Crippen molar-refractivity contribution in [1.82, 2.24) is 10.6 Å². The van der Waals surface area contributed by atoms with E-state index >= 15 is 0 Å². The molecule has 3 rings (SSSR count). The minimum absolute atomic E-state index is 0.145. The third-order valence-electron chi connectivity index (χ3n) is 4.88. The zero-order valence-corrected chi connectivity index (χ0v) is 17.4. The average molecular weight is 422 g/mol. The van der Waals surface area contributed by atoms with Crippen LogP contribution in [0.25, 0.3) is 0 Å². The highest BCUT2D eigenvalue weighted by Crippen LogP contribution is 2.26. The molecule has 1 unspecified atom stereocenters. The maximum Gasteiger partial charge on any atom is 0.314 e. The lowest BCUT2D eigenvalue weighted by Gasteiger charge is -2.19. The van der Waals surface area contributed by atoms with E-state index < -0.39 is 0 Å². The second-order valence-corrected chi connectivity index (χ2v) is 7.84. The van der Waals surface area contributed by atoms with Gasteiger partial charge in [-0.1, -0.05) is 29.3 Å². The molecule has 7 heteroatoms. The third kappa shape index (κ3) is 5.94. The summed E-state index contributed by atoms with van der Waals surface area (Å²) in [5.41, 5.74) is 2.16. The van der Waals surface area contributed by atoms with E-state index in [1.54, 1.807) is 13.2 Å². The number of halogens is 2. The van der Waals surface area contributed by atoms with Gasteiger partial charge in [0.1, 0.15) is 5.75 Å². The fraction of sp³-hybridized carbons (Fsp3) is 0.381. The topological polar surface area (TPSA) is 53.6 Å². The van der Waals surface area contributed by atoms with E-state index in [1.807, 2.05) is 30.3 Å². The normalized spacial score (nSPS) is 16.1. The Morgan fingerprint density at radius 2 is 1.96 bits per heavy atom.